The first kappa shape index (κ1) is 13.9. The number of hydrogen-bond donors (Lipinski definition) is 1. The number of hydrogen-bond acceptors (Lipinski definition) is 7. The van der Waals surface area contributed by atoms with Crippen LogP contribution in [0.4, 0.5) is 5.82 Å². The molecule has 0 fully saturated rings. The van der Waals surface area contributed by atoms with Gasteiger partial charge in [0.1, 0.15) is 30.5 Å². The van der Waals surface area contributed by atoms with Crippen molar-refractivity contribution in [2.75, 3.05) is 5.32 Å². The predicted octanol–water partition coefficient (Wildman–Crippen LogP) is 1.25. The number of aromatic nitrogens is 7. The molecule has 1 amide bonds. The van der Waals surface area contributed by atoms with E-state index in [0.29, 0.717) is 17.2 Å². The van der Waals surface area contributed by atoms with Crippen molar-refractivity contribution in [1.29, 1.82) is 0 Å². The van der Waals surface area contributed by atoms with E-state index in [2.05, 4.69) is 35.3 Å². The Morgan fingerprint density at radius 2 is 1.92 bits per heavy atom. The van der Waals surface area contributed by atoms with E-state index in [4.69, 9.17) is 0 Å². The Labute approximate surface area is 135 Å². The zero-order chi connectivity index (χ0) is 16.4. The molecule has 1 aromatic carbocycles. The lowest BCUT2D eigenvalue weighted by Gasteiger charge is -2.06. The molecule has 1 N–H and O–H groups in total. The monoisotopic (exact) mass is 318 g/mol. The predicted molar refractivity (Wildman–Crippen MR) is 84.4 cm³/mol. The second-order valence-corrected chi connectivity index (χ2v) is 4.80. The highest BCUT2D eigenvalue weighted by atomic mass is 16.1. The van der Waals surface area contributed by atoms with Gasteiger partial charge in [0.15, 0.2) is 5.82 Å². The van der Waals surface area contributed by atoms with Crippen LogP contribution in [0.15, 0.2) is 55.5 Å². The van der Waals surface area contributed by atoms with Gasteiger partial charge in [-0.1, -0.05) is 12.1 Å². The van der Waals surface area contributed by atoms with Gasteiger partial charge in [0.05, 0.1) is 17.2 Å². The van der Waals surface area contributed by atoms with Crippen LogP contribution in [0.2, 0.25) is 0 Å². The van der Waals surface area contributed by atoms with Gasteiger partial charge in [-0.15, -0.1) is 0 Å². The topological polar surface area (TPSA) is 111 Å². The number of rotatable bonds is 3. The van der Waals surface area contributed by atoms with Gasteiger partial charge in [0, 0.05) is 6.07 Å². The Kier molecular flexibility index (Phi) is 3.35. The normalized spacial score (nSPS) is 10.7. The van der Waals surface area contributed by atoms with Gasteiger partial charge >= 0.3 is 0 Å². The van der Waals surface area contributed by atoms with Gasteiger partial charge in [-0.2, -0.15) is 5.10 Å². The Morgan fingerprint density at radius 3 is 2.75 bits per heavy atom. The highest BCUT2D eigenvalue weighted by molar-refractivity contribution is 6.03. The van der Waals surface area contributed by atoms with E-state index in [1.165, 1.54) is 29.9 Å². The molecule has 4 rings (SSSR count). The third-order valence-corrected chi connectivity index (χ3v) is 3.23. The summed E-state index contributed by atoms with van der Waals surface area (Å²) in [5.41, 5.74) is 1.58. The minimum atomic E-state index is -0.406. The molecule has 0 unspecified atom stereocenters. The fourth-order valence-electron chi connectivity index (χ4n) is 2.11. The lowest BCUT2D eigenvalue weighted by molar-refractivity contribution is 0.102. The lowest BCUT2D eigenvalue weighted by atomic mass is 10.3. The largest absolute Gasteiger partial charge is 0.305 e. The Balaban J connectivity index is 1.60. The van der Waals surface area contributed by atoms with Crippen LogP contribution in [0.5, 0.6) is 0 Å². The van der Waals surface area contributed by atoms with E-state index >= 15 is 0 Å². The van der Waals surface area contributed by atoms with Crippen molar-refractivity contribution in [1.82, 2.24) is 34.7 Å². The molecule has 0 aliphatic carbocycles. The maximum absolute atomic E-state index is 12.3. The molecule has 0 saturated heterocycles. The second-order valence-electron chi connectivity index (χ2n) is 4.80. The van der Waals surface area contributed by atoms with Crippen molar-refractivity contribution in [3.8, 4) is 5.82 Å². The van der Waals surface area contributed by atoms with E-state index in [9.17, 15) is 4.79 Å². The first-order valence-electron chi connectivity index (χ1n) is 7.00. The molecule has 3 heterocycles. The molecule has 4 aromatic rings. The number of carbonyl (C=O) groups is 1. The molecular weight excluding hydrogens is 308 g/mol. The number of fused-ring (bicyclic) bond motifs is 1. The summed E-state index contributed by atoms with van der Waals surface area (Å²) in [6, 6.07) is 8.92. The van der Waals surface area contributed by atoms with Crippen molar-refractivity contribution in [2.45, 2.75) is 0 Å². The van der Waals surface area contributed by atoms with Crippen LogP contribution in [0.1, 0.15) is 10.5 Å². The summed E-state index contributed by atoms with van der Waals surface area (Å²) in [5, 5.41) is 6.65. The Hall–Kier alpha value is -3.75. The van der Waals surface area contributed by atoms with Crippen molar-refractivity contribution in [3.63, 3.8) is 0 Å². The first-order chi connectivity index (χ1) is 11.8. The molecule has 0 aliphatic rings. The number of anilines is 1. The zero-order valence-corrected chi connectivity index (χ0v) is 12.2. The summed E-state index contributed by atoms with van der Waals surface area (Å²) in [5.74, 6) is 0.411. The summed E-state index contributed by atoms with van der Waals surface area (Å²) in [6.45, 7) is 0. The van der Waals surface area contributed by atoms with Crippen LogP contribution in [0.25, 0.3) is 16.9 Å². The number of nitrogens with one attached hydrogen (secondary N) is 1. The average Bonchev–Trinajstić information content (AvgIpc) is 3.16. The Morgan fingerprint density at radius 1 is 1.04 bits per heavy atom. The minimum absolute atomic E-state index is 0.203. The van der Waals surface area contributed by atoms with Crippen molar-refractivity contribution >= 4 is 22.8 Å². The highest BCUT2D eigenvalue weighted by Gasteiger charge is 2.11. The van der Waals surface area contributed by atoms with Gasteiger partial charge in [-0.25, -0.2) is 24.6 Å². The van der Waals surface area contributed by atoms with Gasteiger partial charge < -0.3 is 5.32 Å². The van der Waals surface area contributed by atoms with Crippen LogP contribution in [0, 0.1) is 0 Å². The number of carbonyl (C=O) groups excluding carboxylic acids is 1. The van der Waals surface area contributed by atoms with Crippen molar-refractivity contribution in [2.24, 2.45) is 0 Å². The summed E-state index contributed by atoms with van der Waals surface area (Å²) in [4.78, 5) is 32.8. The molecule has 0 atom stereocenters. The maximum atomic E-state index is 12.3. The minimum Gasteiger partial charge on any atom is -0.305 e. The molecule has 0 saturated carbocycles. The molecule has 9 nitrogen and oxygen atoms in total. The average molecular weight is 318 g/mol. The van der Waals surface area contributed by atoms with E-state index < -0.39 is 5.91 Å². The third kappa shape index (κ3) is 2.65. The number of benzene rings is 1. The number of para-hydroxylation sites is 2. The van der Waals surface area contributed by atoms with E-state index in [-0.39, 0.29) is 5.69 Å². The molecule has 116 valence electrons. The standard InChI is InChI=1S/C15H10N8O/c24-15(12-6-17-10-3-1-2-4-11(10)21-12)22-13-5-14(19-8-18-13)23-9-16-7-20-23/h1-9H,(H,18,19,22,24). The van der Waals surface area contributed by atoms with E-state index in [1.54, 1.807) is 12.1 Å². The van der Waals surface area contributed by atoms with Gasteiger partial charge in [0.25, 0.3) is 5.91 Å². The lowest BCUT2D eigenvalue weighted by Crippen LogP contribution is -2.15. The van der Waals surface area contributed by atoms with Crippen LogP contribution < -0.4 is 5.32 Å². The van der Waals surface area contributed by atoms with Crippen LogP contribution in [-0.4, -0.2) is 40.6 Å². The van der Waals surface area contributed by atoms with Crippen molar-refractivity contribution in [3.05, 3.63) is 61.2 Å². The molecular formula is C15H10N8O. The highest BCUT2D eigenvalue weighted by Crippen LogP contribution is 2.11. The fourth-order valence-corrected chi connectivity index (χ4v) is 2.11. The smallest absolute Gasteiger partial charge is 0.277 e. The quantitative estimate of drug-likeness (QED) is 0.605. The van der Waals surface area contributed by atoms with Crippen LogP contribution in [0.3, 0.4) is 0 Å². The summed E-state index contributed by atoms with van der Waals surface area (Å²) in [7, 11) is 0. The zero-order valence-electron chi connectivity index (χ0n) is 12.2. The van der Waals surface area contributed by atoms with Gasteiger partial charge in [0.2, 0.25) is 0 Å². The van der Waals surface area contributed by atoms with Gasteiger partial charge in [-0.3, -0.25) is 9.78 Å². The van der Waals surface area contributed by atoms with E-state index in [0.717, 1.165) is 5.52 Å². The Bertz CT molecular complexity index is 1010. The fraction of sp³-hybridized carbons (Fsp3) is 0. The van der Waals surface area contributed by atoms with E-state index in [1.807, 2.05) is 18.2 Å². The third-order valence-electron chi connectivity index (χ3n) is 3.23. The molecule has 24 heavy (non-hydrogen) atoms. The van der Waals surface area contributed by atoms with Crippen molar-refractivity contribution < 1.29 is 4.79 Å². The molecule has 0 radical (unpaired) electrons. The summed E-state index contributed by atoms with van der Waals surface area (Å²) < 4.78 is 1.47. The first-order valence-corrected chi connectivity index (χ1v) is 7.00. The number of amides is 1. The second kappa shape index (κ2) is 5.80. The van der Waals surface area contributed by atoms with Crippen LogP contribution in [-0.2, 0) is 0 Å². The van der Waals surface area contributed by atoms with Crippen LogP contribution >= 0.6 is 0 Å². The maximum Gasteiger partial charge on any atom is 0.277 e. The molecule has 3 aromatic heterocycles. The van der Waals surface area contributed by atoms with Gasteiger partial charge in [-0.05, 0) is 12.1 Å². The number of nitrogens with zero attached hydrogens (tertiary/aromatic N) is 7. The summed E-state index contributed by atoms with van der Waals surface area (Å²) in [6.07, 6.45) is 5.66. The molecule has 9 heteroatoms. The molecule has 0 aliphatic heterocycles. The molecule has 0 bridgehead atoms. The molecule has 0 spiro atoms. The SMILES string of the molecule is O=C(Nc1cc(-n2cncn2)ncn1)c1cnc2ccccc2n1. The summed E-state index contributed by atoms with van der Waals surface area (Å²) >= 11 is 0.